The van der Waals surface area contributed by atoms with Gasteiger partial charge in [-0.15, -0.1) is 12.1 Å². The van der Waals surface area contributed by atoms with Gasteiger partial charge >= 0.3 is 0 Å². The molecular weight excluding hydrogens is 396 g/mol. The van der Waals surface area contributed by atoms with Crippen LogP contribution in [0.1, 0.15) is 0 Å². The van der Waals surface area contributed by atoms with E-state index in [2.05, 4.69) is 11.1 Å². The maximum absolute atomic E-state index is 5.30. The Morgan fingerprint density at radius 3 is 2.59 bits per heavy atom. The van der Waals surface area contributed by atoms with Gasteiger partial charge in [0, 0.05) is 51.0 Å². The number of hydrogen-bond acceptors (Lipinski definition) is 3. The van der Waals surface area contributed by atoms with Crippen LogP contribution < -0.4 is 9.47 Å². The van der Waals surface area contributed by atoms with Crippen LogP contribution in [0.3, 0.4) is 0 Å². The average molecular weight is 409 g/mol. The van der Waals surface area contributed by atoms with Gasteiger partial charge in [0.15, 0.2) is 0 Å². The van der Waals surface area contributed by atoms with Crippen molar-refractivity contribution in [2.75, 3.05) is 14.2 Å². The summed E-state index contributed by atoms with van der Waals surface area (Å²) in [5.41, 5.74) is 0.829. The molecular formula is C12H13IrN2O2-. The summed E-state index contributed by atoms with van der Waals surface area (Å²) in [7, 11) is 5.16. The molecule has 0 spiro atoms. The molecule has 1 heterocycles. The third-order valence-electron chi connectivity index (χ3n) is 2.38. The van der Waals surface area contributed by atoms with Gasteiger partial charge < -0.3 is 14.0 Å². The summed E-state index contributed by atoms with van der Waals surface area (Å²) < 4.78 is 12.3. The van der Waals surface area contributed by atoms with Gasteiger partial charge in [0.1, 0.15) is 0 Å². The van der Waals surface area contributed by atoms with E-state index in [0.717, 1.165) is 17.1 Å². The molecule has 0 aliphatic carbocycles. The number of aromatic nitrogens is 2. The molecule has 0 saturated heterocycles. The van der Waals surface area contributed by atoms with Crippen LogP contribution in [0.15, 0.2) is 24.5 Å². The summed E-state index contributed by atoms with van der Waals surface area (Å²) >= 11 is 0. The van der Waals surface area contributed by atoms with Crippen LogP contribution in [0, 0.1) is 6.07 Å². The van der Waals surface area contributed by atoms with E-state index >= 15 is 0 Å². The van der Waals surface area contributed by atoms with Crippen molar-refractivity contribution in [2.45, 2.75) is 0 Å². The third-order valence-corrected chi connectivity index (χ3v) is 2.38. The molecule has 0 aliphatic rings. The number of methoxy groups -OCH3 is 2. The first-order chi connectivity index (χ1) is 7.76. The van der Waals surface area contributed by atoms with Crippen LogP contribution >= 0.6 is 0 Å². The van der Waals surface area contributed by atoms with Gasteiger partial charge in [-0.3, -0.25) is 4.98 Å². The summed E-state index contributed by atoms with van der Waals surface area (Å²) in [5.74, 6) is 2.24. The van der Waals surface area contributed by atoms with E-state index in [1.807, 2.05) is 23.9 Å². The molecule has 1 aromatic carbocycles. The first-order valence-corrected chi connectivity index (χ1v) is 4.87. The minimum Gasteiger partial charge on any atom is -0.540 e. The van der Waals surface area contributed by atoms with Crippen LogP contribution in [-0.2, 0) is 27.2 Å². The van der Waals surface area contributed by atoms with Crippen LogP contribution in [0.5, 0.6) is 11.5 Å². The standard InChI is InChI=1S/C12H13N2O2.Ir/c1-14-7-6-13-12(14)10-5-4-9(15-2)8-11(10)16-3;/h4,6-8H,1-3H3;/q-1;. The Bertz CT molecular complexity index is 497. The zero-order chi connectivity index (χ0) is 11.5. The van der Waals surface area contributed by atoms with E-state index in [9.17, 15) is 0 Å². The predicted molar refractivity (Wildman–Crippen MR) is 60.6 cm³/mol. The van der Waals surface area contributed by atoms with Crippen molar-refractivity contribution in [3.8, 4) is 22.9 Å². The van der Waals surface area contributed by atoms with Gasteiger partial charge in [-0.05, 0) is 0 Å². The molecule has 1 radical (unpaired) electrons. The number of rotatable bonds is 3. The van der Waals surface area contributed by atoms with Crippen molar-refractivity contribution in [1.82, 2.24) is 9.55 Å². The van der Waals surface area contributed by atoms with Gasteiger partial charge in [0.25, 0.3) is 0 Å². The zero-order valence-corrected chi connectivity index (χ0v) is 12.2. The Morgan fingerprint density at radius 2 is 2.06 bits per heavy atom. The van der Waals surface area contributed by atoms with Crippen molar-refractivity contribution in [3.63, 3.8) is 0 Å². The molecule has 4 nitrogen and oxygen atoms in total. The molecule has 2 rings (SSSR count). The third kappa shape index (κ3) is 2.68. The number of nitrogens with zero attached hydrogens (tertiary/aromatic N) is 2. The Labute approximate surface area is 114 Å². The van der Waals surface area contributed by atoms with Gasteiger partial charge in [-0.2, -0.15) is 0 Å². The van der Waals surface area contributed by atoms with E-state index in [1.165, 1.54) is 0 Å². The number of ether oxygens (including phenoxy) is 2. The summed E-state index contributed by atoms with van der Waals surface area (Å²) in [4.78, 5) is 4.26. The molecule has 0 bridgehead atoms. The van der Waals surface area contributed by atoms with Crippen molar-refractivity contribution in [3.05, 3.63) is 30.6 Å². The molecule has 0 amide bonds. The summed E-state index contributed by atoms with van der Waals surface area (Å²) in [5, 5.41) is 0. The smallest absolute Gasteiger partial charge is 0.0647 e. The summed E-state index contributed by atoms with van der Waals surface area (Å²) in [6.07, 6.45) is 3.62. The molecule has 0 unspecified atom stereocenters. The zero-order valence-electron chi connectivity index (χ0n) is 9.85. The second-order valence-electron chi connectivity index (χ2n) is 3.34. The summed E-state index contributed by atoms with van der Waals surface area (Å²) in [6.45, 7) is 0. The molecule has 0 saturated carbocycles. The maximum Gasteiger partial charge on any atom is 0.0647 e. The topological polar surface area (TPSA) is 36.3 Å². The SMILES string of the molecule is COc1c[c-]c(-c2nccn2C)c(OC)c1.[Ir]. The number of imidazole rings is 1. The predicted octanol–water partition coefficient (Wildman–Crippen LogP) is 1.90. The second kappa shape index (κ2) is 5.84. The first kappa shape index (κ1) is 13.7. The first-order valence-electron chi connectivity index (χ1n) is 4.87. The van der Waals surface area contributed by atoms with Crippen LogP contribution in [0.25, 0.3) is 11.4 Å². The quantitative estimate of drug-likeness (QED) is 0.727. The second-order valence-corrected chi connectivity index (χ2v) is 3.34. The van der Waals surface area contributed by atoms with E-state index in [0.29, 0.717) is 5.75 Å². The Morgan fingerprint density at radius 1 is 1.29 bits per heavy atom. The Hall–Kier alpha value is -1.32. The largest absolute Gasteiger partial charge is 0.540 e. The fraction of sp³-hybridized carbons (Fsp3) is 0.250. The average Bonchev–Trinajstić information content (AvgIpc) is 2.74. The monoisotopic (exact) mass is 410 g/mol. The Kier molecular flexibility index (Phi) is 4.72. The molecule has 93 valence electrons. The van der Waals surface area contributed by atoms with Crippen molar-refractivity contribution >= 4 is 0 Å². The van der Waals surface area contributed by atoms with Crippen molar-refractivity contribution < 1.29 is 29.6 Å². The van der Waals surface area contributed by atoms with Gasteiger partial charge in [0.2, 0.25) is 0 Å². The van der Waals surface area contributed by atoms with Crippen molar-refractivity contribution in [1.29, 1.82) is 0 Å². The summed E-state index contributed by atoms with van der Waals surface area (Å²) in [6, 6.07) is 6.71. The molecule has 2 aromatic rings. The number of aryl methyl sites for hydroxylation is 1. The van der Waals surface area contributed by atoms with Crippen LogP contribution in [-0.4, -0.2) is 23.8 Å². The minimum absolute atomic E-state index is 0. The van der Waals surface area contributed by atoms with Crippen LogP contribution in [0.2, 0.25) is 0 Å². The molecule has 1 aromatic heterocycles. The molecule has 0 aliphatic heterocycles. The minimum atomic E-state index is 0. The molecule has 0 atom stereocenters. The maximum atomic E-state index is 5.30. The fourth-order valence-corrected chi connectivity index (χ4v) is 1.52. The van der Waals surface area contributed by atoms with E-state index in [4.69, 9.17) is 9.47 Å². The van der Waals surface area contributed by atoms with Gasteiger partial charge in [-0.25, -0.2) is 0 Å². The molecule has 5 heteroatoms. The van der Waals surface area contributed by atoms with E-state index in [1.54, 1.807) is 26.5 Å². The van der Waals surface area contributed by atoms with E-state index in [-0.39, 0.29) is 20.1 Å². The van der Waals surface area contributed by atoms with E-state index < -0.39 is 0 Å². The number of hydrogen-bond donors (Lipinski definition) is 0. The van der Waals surface area contributed by atoms with Gasteiger partial charge in [0.05, 0.1) is 20.0 Å². The normalized spacial score (nSPS) is 9.59. The molecule has 0 fully saturated rings. The van der Waals surface area contributed by atoms with Crippen LogP contribution in [0.4, 0.5) is 0 Å². The Balaban J connectivity index is 0.00000144. The van der Waals surface area contributed by atoms with Gasteiger partial charge in [-0.1, -0.05) is 11.6 Å². The fourth-order valence-electron chi connectivity index (χ4n) is 1.52. The number of benzene rings is 1. The van der Waals surface area contributed by atoms with Crippen molar-refractivity contribution in [2.24, 2.45) is 7.05 Å². The molecule has 17 heavy (non-hydrogen) atoms. The molecule has 0 N–H and O–H groups in total.